The molecule has 1 amide bonds. The second-order valence-corrected chi connectivity index (χ2v) is 3.10. The van der Waals surface area contributed by atoms with E-state index >= 15 is 0 Å². The number of carbonyl (C=O) groups is 1. The molecule has 0 saturated heterocycles. The Hall–Kier alpha value is -0.850. The third kappa shape index (κ3) is 2.83. The first-order valence-corrected chi connectivity index (χ1v) is 4.24. The van der Waals surface area contributed by atoms with E-state index in [2.05, 4.69) is 10.1 Å². The summed E-state index contributed by atoms with van der Waals surface area (Å²) in [6, 6.07) is 0. The maximum absolute atomic E-state index is 11.0. The van der Waals surface area contributed by atoms with Crippen molar-refractivity contribution in [2.24, 2.45) is 5.73 Å². The van der Waals surface area contributed by atoms with Crippen molar-refractivity contribution in [3.05, 3.63) is 0 Å². The third-order valence-electron chi connectivity index (χ3n) is 2.22. The lowest BCUT2D eigenvalue weighted by atomic mass is 9.99. The summed E-state index contributed by atoms with van der Waals surface area (Å²) < 4.78 is 9.36. The molecule has 0 aromatic rings. The van der Waals surface area contributed by atoms with Crippen LogP contribution in [0.2, 0.25) is 0 Å². The van der Waals surface area contributed by atoms with Crippen LogP contribution in [0.15, 0.2) is 0 Å². The van der Waals surface area contributed by atoms with E-state index in [1.165, 1.54) is 21.1 Å². The zero-order valence-electron chi connectivity index (χ0n) is 8.90. The largest absolute Gasteiger partial charge is 0.453 e. The molecule has 0 aliphatic heterocycles. The lowest BCUT2D eigenvalue weighted by molar-refractivity contribution is -0.0329. The molecular formula is C8H18N2O4. The molecule has 0 aliphatic rings. The average Bonchev–Trinajstić information content (AvgIpc) is 2.15. The van der Waals surface area contributed by atoms with Gasteiger partial charge in [-0.1, -0.05) is 0 Å². The SMILES string of the molecule is COC(=O)N[C@](N)(C(C)O)[C@H](C)OC. The summed E-state index contributed by atoms with van der Waals surface area (Å²) in [6.45, 7) is 3.11. The number of methoxy groups -OCH3 is 2. The summed E-state index contributed by atoms with van der Waals surface area (Å²) in [5, 5.41) is 11.8. The van der Waals surface area contributed by atoms with Crippen molar-refractivity contribution in [1.82, 2.24) is 5.32 Å². The van der Waals surface area contributed by atoms with E-state index in [0.717, 1.165) is 0 Å². The Morgan fingerprint density at radius 3 is 2.29 bits per heavy atom. The molecule has 6 nitrogen and oxygen atoms in total. The van der Waals surface area contributed by atoms with Crippen LogP contribution in [0.1, 0.15) is 13.8 Å². The number of carbonyl (C=O) groups excluding carboxylic acids is 1. The normalized spacial score (nSPS) is 19.3. The first-order valence-electron chi connectivity index (χ1n) is 4.24. The molecule has 0 aliphatic carbocycles. The highest BCUT2D eigenvalue weighted by Gasteiger charge is 2.39. The Labute approximate surface area is 83.4 Å². The topological polar surface area (TPSA) is 93.8 Å². The molecule has 0 bridgehead atoms. The molecule has 6 heteroatoms. The van der Waals surface area contributed by atoms with Gasteiger partial charge in [0.1, 0.15) is 5.66 Å². The van der Waals surface area contributed by atoms with Crippen molar-refractivity contribution in [3.8, 4) is 0 Å². The third-order valence-corrected chi connectivity index (χ3v) is 2.22. The Balaban J connectivity index is 4.63. The molecule has 84 valence electrons. The highest BCUT2D eigenvalue weighted by molar-refractivity contribution is 5.68. The number of amides is 1. The van der Waals surface area contributed by atoms with Crippen LogP contribution >= 0.6 is 0 Å². The van der Waals surface area contributed by atoms with Gasteiger partial charge >= 0.3 is 6.09 Å². The molecule has 1 unspecified atom stereocenters. The summed E-state index contributed by atoms with van der Waals surface area (Å²) in [5.74, 6) is 0. The van der Waals surface area contributed by atoms with Crippen molar-refractivity contribution in [1.29, 1.82) is 0 Å². The van der Waals surface area contributed by atoms with E-state index in [0.29, 0.717) is 0 Å². The number of ether oxygens (including phenoxy) is 2. The zero-order chi connectivity index (χ0) is 11.4. The number of hydrogen-bond acceptors (Lipinski definition) is 5. The predicted octanol–water partition coefficient (Wildman–Crippen LogP) is -0.587. The van der Waals surface area contributed by atoms with Gasteiger partial charge in [0.05, 0.1) is 19.3 Å². The zero-order valence-corrected chi connectivity index (χ0v) is 8.90. The Morgan fingerprint density at radius 1 is 1.50 bits per heavy atom. The van der Waals surface area contributed by atoms with Gasteiger partial charge in [-0.3, -0.25) is 5.32 Å². The maximum atomic E-state index is 11.0. The smallest absolute Gasteiger partial charge is 0.408 e. The van der Waals surface area contributed by atoms with Gasteiger partial charge in [-0.05, 0) is 13.8 Å². The molecule has 0 saturated carbocycles. The van der Waals surface area contributed by atoms with Crippen LogP contribution in [-0.4, -0.2) is 43.3 Å². The quantitative estimate of drug-likeness (QED) is 0.535. The van der Waals surface area contributed by atoms with Crippen molar-refractivity contribution < 1.29 is 19.4 Å². The van der Waals surface area contributed by atoms with Crippen molar-refractivity contribution in [3.63, 3.8) is 0 Å². The Bertz CT molecular complexity index is 198. The molecule has 14 heavy (non-hydrogen) atoms. The van der Waals surface area contributed by atoms with Crippen LogP contribution in [0, 0.1) is 0 Å². The molecular weight excluding hydrogens is 188 g/mol. The van der Waals surface area contributed by atoms with Gasteiger partial charge in [-0.25, -0.2) is 4.79 Å². The number of aliphatic hydroxyl groups excluding tert-OH is 1. The number of alkyl carbamates (subject to hydrolysis) is 1. The lowest BCUT2D eigenvalue weighted by Crippen LogP contribution is -2.69. The van der Waals surface area contributed by atoms with Gasteiger partial charge in [-0.2, -0.15) is 0 Å². The summed E-state index contributed by atoms with van der Waals surface area (Å²) in [6.07, 6.45) is -2.21. The van der Waals surface area contributed by atoms with E-state index < -0.39 is 24.0 Å². The number of nitrogens with one attached hydrogen (secondary N) is 1. The van der Waals surface area contributed by atoms with Crippen LogP contribution < -0.4 is 11.1 Å². The molecule has 0 heterocycles. The van der Waals surface area contributed by atoms with Crippen molar-refractivity contribution in [2.75, 3.05) is 14.2 Å². The molecule has 0 aromatic heterocycles. The fourth-order valence-electron chi connectivity index (χ4n) is 0.969. The summed E-state index contributed by atoms with van der Waals surface area (Å²) in [7, 11) is 2.66. The number of aliphatic hydroxyl groups is 1. The van der Waals surface area contributed by atoms with Crippen LogP contribution in [0.4, 0.5) is 4.79 Å². The highest BCUT2D eigenvalue weighted by Crippen LogP contribution is 2.12. The average molecular weight is 206 g/mol. The van der Waals surface area contributed by atoms with Crippen LogP contribution in [0.5, 0.6) is 0 Å². The van der Waals surface area contributed by atoms with Crippen LogP contribution in [-0.2, 0) is 9.47 Å². The van der Waals surface area contributed by atoms with Crippen LogP contribution in [0.3, 0.4) is 0 Å². The van der Waals surface area contributed by atoms with Gasteiger partial charge in [0.25, 0.3) is 0 Å². The molecule has 0 rings (SSSR count). The van der Waals surface area contributed by atoms with Gasteiger partial charge in [0.15, 0.2) is 0 Å². The molecule has 0 spiro atoms. The van der Waals surface area contributed by atoms with Gasteiger partial charge in [0.2, 0.25) is 0 Å². The van der Waals surface area contributed by atoms with Gasteiger partial charge in [0, 0.05) is 7.11 Å². The standard InChI is InChI=1S/C8H18N2O4/c1-5(11)8(9,6(2)13-3)10-7(12)14-4/h5-6,11H,9H2,1-4H3,(H,10,12)/t5?,6-,8+/m0/s1. The number of hydrogen-bond donors (Lipinski definition) is 3. The molecule has 0 fully saturated rings. The second-order valence-electron chi connectivity index (χ2n) is 3.10. The summed E-state index contributed by atoms with van der Waals surface area (Å²) >= 11 is 0. The summed E-state index contributed by atoms with van der Waals surface area (Å²) in [5.41, 5.74) is 4.43. The minimum absolute atomic E-state index is 0.540. The van der Waals surface area contributed by atoms with E-state index in [1.54, 1.807) is 6.92 Å². The molecule has 4 N–H and O–H groups in total. The van der Waals surface area contributed by atoms with E-state index in [4.69, 9.17) is 10.5 Å². The fourth-order valence-corrected chi connectivity index (χ4v) is 0.969. The Morgan fingerprint density at radius 2 is 2.00 bits per heavy atom. The van der Waals surface area contributed by atoms with E-state index in [9.17, 15) is 9.90 Å². The minimum atomic E-state index is -1.36. The first-order chi connectivity index (χ1) is 6.38. The monoisotopic (exact) mass is 206 g/mol. The molecule has 0 radical (unpaired) electrons. The number of nitrogens with two attached hydrogens (primary N) is 1. The lowest BCUT2D eigenvalue weighted by Gasteiger charge is -2.37. The second kappa shape index (κ2) is 5.14. The molecule has 0 aromatic carbocycles. The van der Waals surface area contributed by atoms with Crippen molar-refractivity contribution in [2.45, 2.75) is 31.7 Å². The van der Waals surface area contributed by atoms with E-state index in [-0.39, 0.29) is 0 Å². The number of rotatable bonds is 4. The highest BCUT2D eigenvalue weighted by atomic mass is 16.5. The van der Waals surface area contributed by atoms with Crippen LogP contribution in [0.25, 0.3) is 0 Å². The van der Waals surface area contributed by atoms with Crippen molar-refractivity contribution >= 4 is 6.09 Å². The summed E-state index contributed by atoms with van der Waals surface area (Å²) in [4.78, 5) is 11.0. The predicted molar refractivity (Wildman–Crippen MR) is 50.6 cm³/mol. The molecule has 3 atom stereocenters. The fraction of sp³-hybridized carbons (Fsp3) is 0.875. The first kappa shape index (κ1) is 13.2. The maximum Gasteiger partial charge on any atom is 0.408 e. The van der Waals surface area contributed by atoms with E-state index in [1.807, 2.05) is 0 Å². The Kier molecular flexibility index (Phi) is 4.82. The van der Waals surface area contributed by atoms with Gasteiger partial charge < -0.3 is 20.3 Å². The van der Waals surface area contributed by atoms with Gasteiger partial charge in [-0.15, -0.1) is 0 Å². The minimum Gasteiger partial charge on any atom is -0.453 e.